The summed E-state index contributed by atoms with van der Waals surface area (Å²) in [7, 11) is 3.72. The Morgan fingerprint density at radius 2 is 2.04 bits per heavy atom. The molecule has 2 unspecified atom stereocenters. The minimum absolute atomic E-state index is 0.146. The molecule has 5 heteroatoms. The van der Waals surface area contributed by atoms with Crippen LogP contribution in [0.2, 0.25) is 0 Å². The summed E-state index contributed by atoms with van der Waals surface area (Å²) in [6.07, 6.45) is 8.97. The summed E-state index contributed by atoms with van der Waals surface area (Å²) >= 11 is 0. The maximum absolute atomic E-state index is 9.80. The Bertz CT molecular complexity index is 836. The van der Waals surface area contributed by atoms with Crippen molar-refractivity contribution < 1.29 is 9.84 Å². The molecule has 3 saturated carbocycles. The van der Waals surface area contributed by atoms with Gasteiger partial charge >= 0.3 is 0 Å². The number of hydrogen-bond donors (Lipinski definition) is 1. The first kappa shape index (κ1) is 19.3. The van der Waals surface area contributed by atoms with Gasteiger partial charge in [0.1, 0.15) is 17.3 Å². The number of methoxy groups -OCH3 is 1. The second-order valence-electron chi connectivity index (χ2n) is 9.00. The van der Waals surface area contributed by atoms with Crippen molar-refractivity contribution in [2.24, 2.45) is 24.8 Å². The molecule has 152 valence electrons. The molecule has 0 saturated heterocycles. The summed E-state index contributed by atoms with van der Waals surface area (Å²) in [4.78, 5) is 0. The number of fused-ring (bicyclic) bond motifs is 3. The Morgan fingerprint density at radius 3 is 2.71 bits per heavy atom. The molecule has 3 aliphatic carbocycles. The van der Waals surface area contributed by atoms with Crippen LogP contribution in [0, 0.1) is 17.8 Å². The van der Waals surface area contributed by atoms with Crippen molar-refractivity contribution in [3.05, 3.63) is 24.0 Å². The van der Waals surface area contributed by atoms with Crippen molar-refractivity contribution in [1.82, 2.24) is 14.8 Å². The van der Waals surface area contributed by atoms with Crippen molar-refractivity contribution >= 4 is 0 Å². The summed E-state index contributed by atoms with van der Waals surface area (Å²) in [5, 5.41) is 19.2. The fourth-order valence-corrected chi connectivity index (χ4v) is 6.07. The van der Waals surface area contributed by atoms with E-state index in [4.69, 9.17) is 9.84 Å². The largest absolute Gasteiger partial charge is 0.508 e. The summed E-state index contributed by atoms with van der Waals surface area (Å²) in [5.74, 6) is 5.09. The second kappa shape index (κ2) is 7.41. The number of nitrogens with zero attached hydrogens (tertiary/aromatic N) is 3. The molecule has 1 heterocycles. The summed E-state index contributed by atoms with van der Waals surface area (Å²) < 4.78 is 7.69. The monoisotopic (exact) mass is 383 g/mol. The average molecular weight is 384 g/mol. The lowest BCUT2D eigenvalue weighted by Gasteiger charge is -2.53. The SMILES string of the molecule is CCCC(C)C1CC2CCC1(c1nnc(-c3ccc(O)cc3OC)n1C)CC2. The van der Waals surface area contributed by atoms with Crippen molar-refractivity contribution in [2.45, 2.75) is 64.2 Å². The highest BCUT2D eigenvalue weighted by Crippen LogP contribution is 2.57. The highest BCUT2D eigenvalue weighted by molar-refractivity contribution is 5.66. The number of benzene rings is 1. The van der Waals surface area contributed by atoms with Gasteiger partial charge in [0, 0.05) is 18.5 Å². The Labute approximate surface area is 168 Å². The van der Waals surface area contributed by atoms with E-state index in [1.165, 1.54) is 44.9 Å². The summed E-state index contributed by atoms with van der Waals surface area (Å²) in [6.45, 7) is 4.73. The van der Waals surface area contributed by atoms with Crippen molar-refractivity contribution in [1.29, 1.82) is 0 Å². The zero-order chi connectivity index (χ0) is 19.9. The third-order valence-corrected chi connectivity index (χ3v) is 7.47. The van der Waals surface area contributed by atoms with Gasteiger partial charge in [-0.05, 0) is 62.0 Å². The van der Waals surface area contributed by atoms with E-state index in [-0.39, 0.29) is 11.2 Å². The molecule has 1 N–H and O–H groups in total. The standard InChI is InChI=1S/C23H33N3O2/c1-5-6-15(2)19-13-16-9-11-23(19,12-10-16)22-25-24-21(26(22)3)18-8-7-17(27)14-20(18)28-4/h7-8,14-16,19,27H,5-6,9-13H2,1-4H3. The second-order valence-corrected chi connectivity index (χ2v) is 9.00. The number of rotatable bonds is 6. The number of aromatic nitrogens is 3. The van der Waals surface area contributed by atoms with Gasteiger partial charge in [0.2, 0.25) is 0 Å². The van der Waals surface area contributed by atoms with Crippen LogP contribution in [0.25, 0.3) is 11.4 Å². The molecule has 3 aliphatic rings. The Balaban J connectivity index is 1.77. The molecule has 0 radical (unpaired) electrons. The highest BCUT2D eigenvalue weighted by atomic mass is 16.5. The predicted molar refractivity (Wildman–Crippen MR) is 110 cm³/mol. The lowest BCUT2D eigenvalue weighted by atomic mass is 9.51. The van der Waals surface area contributed by atoms with Crippen molar-refractivity contribution in [2.75, 3.05) is 7.11 Å². The normalized spacial score (nSPS) is 27.7. The summed E-state index contributed by atoms with van der Waals surface area (Å²) in [6, 6.07) is 5.19. The first-order valence-corrected chi connectivity index (χ1v) is 10.8. The summed E-state index contributed by atoms with van der Waals surface area (Å²) in [5.41, 5.74) is 1.02. The molecule has 3 fully saturated rings. The van der Waals surface area contributed by atoms with Crippen LogP contribution in [0.4, 0.5) is 0 Å². The Hall–Kier alpha value is -2.04. The van der Waals surface area contributed by atoms with Gasteiger partial charge in [-0.25, -0.2) is 0 Å². The van der Waals surface area contributed by atoms with Crippen molar-refractivity contribution in [3.8, 4) is 22.9 Å². The van der Waals surface area contributed by atoms with Gasteiger partial charge < -0.3 is 14.4 Å². The maximum atomic E-state index is 9.80. The van der Waals surface area contributed by atoms with Gasteiger partial charge in [0.05, 0.1) is 12.7 Å². The average Bonchev–Trinajstić information content (AvgIpc) is 3.10. The minimum Gasteiger partial charge on any atom is -0.508 e. The van der Waals surface area contributed by atoms with Crippen LogP contribution < -0.4 is 4.74 Å². The molecule has 28 heavy (non-hydrogen) atoms. The molecular weight excluding hydrogens is 350 g/mol. The molecular formula is C23H33N3O2. The van der Waals surface area contributed by atoms with E-state index in [2.05, 4.69) is 30.6 Å². The topological polar surface area (TPSA) is 60.2 Å². The van der Waals surface area contributed by atoms with Gasteiger partial charge in [-0.15, -0.1) is 10.2 Å². The van der Waals surface area contributed by atoms with E-state index in [0.717, 1.165) is 29.0 Å². The fraction of sp³-hybridized carbons (Fsp3) is 0.652. The molecule has 2 bridgehead atoms. The van der Waals surface area contributed by atoms with E-state index in [9.17, 15) is 5.11 Å². The molecule has 0 amide bonds. The number of phenolic OH excluding ortho intramolecular Hbond substituents is 1. The highest BCUT2D eigenvalue weighted by Gasteiger charge is 2.52. The Morgan fingerprint density at radius 1 is 1.29 bits per heavy atom. The molecule has 1 aromatic carbocycles. The van der Waals surface area contributed by atoms with E-state index in [1.54, 1.807) is 19.2 Å². The number of hydrogen-bond acceptors (Lipinski definition) is 4. The maximum Gasteiger partial charge on any atom is 0.167 e. The van der Waals surface area contributed by atoms with Gasteiger partial charge in [-0.1, -0.05) is 26.7 Å². The van der Waals surface area contributed by atoms with Gasteiger partial charge in [-0.3, -0.25) is 0 Å². The zero-order valence-electron chi connectivity index (χ0n) is 17.6. The fourth-order valence-electron chi connectivity index (χ4n) is 6.07. The quantitative estimate of drug-likeness (QED) is 0.755. The Kier molecular flexibility index (Phi) is 5.11. The van der Waals surface area contributed by atoms with E-state index >= 15 is 0 Å². The van der Waals surface area contributed by atoms with E-state index in [1.807, 2.05) is 6.07 Å². The number of phenols is 1. The molecule has 1 aromatic heterocycles. The van der Waals surface area contributed by atoms with Gasteiger partial charge in [0.15, 0.2) is 5.82 Å². The van der Waals surface area contributed by atoms with Crippen molar-refractivity contribution in [3.63, 3.8) is 0 Å². The molecule has 2 atom stereocenters. The van der Waals surface area contributed by atoms with Gasteiger partial charge in [0.25, 0.3) is 0 Å². The third kappa shape index (κ3) is 2.99. The molecule has 0 aliphatic heterocycles. The van der Waals surface area contributed by atoms with Crippen LogP contribution >= 0.6 is 0 Å². The number of ether oxygens (including phenoxy) is 1. The molecule has 0 spiro atoms. The first-order chi connectivity index (χ1) is 13.5. The lowest BCUT2D eigenvalue weighted by molar-refractivity contribution is 0.0177. The van der Waals surface area contributed by atoms with E-state index < -0.39 is 0 Å². The molecule has 2 aromatic rings. The zero-order valence-corrected chi connectivity index (χ0v) is 17.6. The molecule has 5 rings (SSSR count). The van der Waals surface area contributed by atoms with Crippen LogP contribution in [0.1, 0.15) is 64.6 Å². The van der Waals surface area contributed by atoms with Gasteiger partial charge in [-0.2, -0.15) is 0 Å². The third-order valence-electron chi connectivity index (χ3n) is 7.47. The van der Waals surface area contributed by atoms with Crippen LogP contribution in [0.15, 0.2) is 18.2 Å². The van der Waals surface area contributed by atoms with Crippen LogP contribution in [-0.4, -0.2) is 27.0 Å². The first-order valence-electron chi connectivity index (χ1n) is 10.8. The number of aromatic hydroxyl groups is 1. The van der Waals surface area contributed by atoms with Crippen LogP contribution in [0.3, 0.4) is 0 Å². The minimum atomic E-state index is 0.146. The smallest absolute Gasteiger partial charge is 0.167 e. The predicted octanol–water partition coefficient (Wildman–Crippen LogP) is 5.08. The van der Waals surface area contributed by atoms with Crippen LogP contribution in [-0.2, 0) is 12.5 Å². The molecule has 5 nitrogen and oxygen atoms in total. The van der Waals surface area contributed by atoms with Crippen LogP contribution in [0.5, 0.6) is 11.5 Å². The lowest BCUT2D eigenvalue weighted by Crippen LogP contribution is -2.49. The van der Waals surface area contributed by atoms with E-state index in [0.29, 0.717) is 11.7 Å².